The molecule has 0 aliphatic rings. The molecule has 0 saturated carbocycles. The highest BCUT2D eigenvalue weighted by Gasteiger charge is 2.13. The molecule has 0 N–H and O–H groups in total. The lowest BCUT2D eigenvalue weighted by Gasteiger charge is -2.14. The van der Waals surface area contributed by atoms with Crippen LogP contribution in [-0.2, 0) is 22.7 Å². The van der Waals surface area contributed by atoms with Crippen LogP contribution in [0.3, 0.4) is 0 Å². The Labute approximate surface area is 193 Å². The molecule has 0 fully saturated rings. The van der Waals surface area contributed by atoms with E-state index in [1.54, 1.807) is 42.9 Å². The lowest BCUT2D eigenvalue weighted by atomic mass is 9.94. The van der Waals surface area contributed by atoms with Gasteiger partial charge in [-0.2, -0.15) is 0 Å². The van der Waals surface area contributed by atoms with Crippen molar-refractivity contribution in [3.63, 3.8) is 0 Å². The van der Waals surface area contributed by atoms with Gasteiger partial charge in [-0.1, -0.05) is 31.2 Å². The number of pyridine rings is 1. The molecular weight excluding hydrogens is 437 g/mol. The average molecular weight is 462 g/mol. The molecule has 2 aromatic carbocycles. The fourth-order valence-corrected chi connectivity index (χ4v) is 4.37. The monoisotopic (exact) mass is 461 g/mol. The Morgan fingerprint density at radius 2 is 1.58 bits per heavy atom. The van der Waals surface area contributed by atoms with Crippen molar-refractivity contribution in [2.75, 3.05) is 6.26 Å². The van der Waals surface area contributed by atoms with Crippen LogP contribution in [-0.4, -0.2) is 29.6 Å². The van der Waals surface area contributed by atoms with Gasteiger partial charge in [0.1, 0.15) is 5.82 Å². The molecule has 168 valence electrons. The second-order valence-corrected chi connectivity index (χ2v) is 10.2. The second-order valence-electron chi connectivity index (χ2n) is 8.17. The number of nitrogens with zero attached hydrogens (tertiary/aromatic N) is 3. The fraction of sp³-hybridized carbons (Fsp3) is 0.192. The molecule has 33 heavy (non-hydrogen) atoms. The molecule has 0 spiro atoms. The van der Waals surface area contributed by atoms with E-state index in [-0.39, 0.29) is 16.6 Å². The highest BCUT2D eigenvalue weighted by Crippen LogP contribution is 2.26. The summed E-state index contributed by atoms with van der Waals surface area (Å²) in [4.78, 5) is 13.6. The highest BCUT2D eigenvalue weighted by molar-refractivity contribution is 7.90. The number of halogens is 1. The van der Waals surface area contributed by atoms with Crippen molar-refractivity contribution in [3.8, 4) is 11.1 Å². The molecule has 0 saturated heterocycles. The fourth-order valence-electron chi connectivity index (χ4n) is 3.74. The van der Waals surface area contributed by atoms with Crippen molar-refractivity contribution in [2.45, 2.75) is 30.6 Å². The average Bonchev–Trinajstić information content (AvgIpc) is 2.79. The number of hydrogen-bond donors (Lipinski definition) is 0. The van der Waals surface area contributed by atoms with Gasteiger partial charge in [-0.05, 0) is 65.4 Å². The van der Waals surface area contributed by atoms with Crippen LogP contribution in [0.1, 0.15) is 35.5 Å². The largest absolute Gasteiger partial charge is 0.261 e. The van der Waals surface area contributed by atoms with E-state index in [0.29, 0.717) is 12.8 Å². The molecule has 0 amide bonds. The summed E-state index contributed by atoms with van der Waals surface area (Å²) in [6, 6.07) is 17.4. The summed E-state index contributed by atoms with van der Waals surface area (Å²) in [5, 5.41) is 0. The van der Waals surface area contributed by atoms with Crippen LogP contribution in [0, 0.1) is 5.82 Å². The number of hydrogen-bond acceptors (Lipinski definition) is 5. The smallest absolute Gasteiger partial charge is 0.175 e. The van der Waals surface area contributed by atoms with Gasteiger partial charge >= 0.3 is 0 Å². The predicted octanol–water partition coefficient (Wildman–Crippen LogP) is 5.02. The van der Waals surface area contributed by atoms with Crippen molar-refractivity contribution < 1.29 is 12.8 Å². The van der Waals surface area contributed by atoms with Crippen LogP contribution in [0.15, 0.2) is 84.1 Å². The lowest BCUT2D eigenvalue weighted by molar-refractivity contribution is 0.602. The molecule has 5 nitrogen and oxygen atoms in total. The van der Waals surface area contributed by atoms with E-state index in [9.17, 15) is 12.8 Å². The molecule has 0 unspecified atom stereocenters. The van der Waals surface area contributed by atoms with Gasteiger partial charge in [-0.15, -0.1) is 0 Å². The molecule has 2 heterocycles. The van der Waals surface area contributed by atoms with Crippen molar-refractivity contribution in [2.24, 2.45) is 0 Å². The van der Waals surface area contributed by atoms with E-state index in [1.807, 2.05) is 24.3 Å². The van der Waals surface area contributed by atoms with Crippen molar-refractivity contribution in [1.29, 1.82) is 0 Å². The van der Waals surface area contributed by atoms with Crippen LogP contribution < -0.4 is 0 Å². The molecule has 0 bridgehead atoms. The first-order chi connectivity index (χ1) is 15.8. The summed E-state index contributed by atoms with van der Waals surface area (Å²) in [6.45, 7) is 2.09. The highest BCUT2D eigenvalue weighted by atomic mass is 32.2. The summed E-state index contributed by atoms with van der Waals surface area (Å²) in [6.07, 6.45) is 7.40. The maximum Gasteiger partial charge on any atom is 0.175 e. The number of benzene rings is 2. The third-order valence-electron chi connectivity index (χ3n) is 5.48. The number of aromatic nitrogens is 3. The topological polar surface area (TPSA) is 72.8 Å². The van der Waals surface area contributed by atoms with Crippen molar-refractivity contribution >= 4 is 9.84 Å². The van der Waals surface area contributed by atoms with Crippen LogP contribution in [0.25, 0.3) is 11.1 Å². The zero-order chi connectivity index (χ0) is 23.4. The minimum atomic E-state index is -3.26. The van der Waals surface area contributed by atoms with Crippen LogP contribution in [0.4, 0.5) is 4.39 Å². The van der Waals surface area contributed by atoms with Crippen LogP contribution in [0.5, 0.6) is 0 Å². The Hall–Kier alpha value is -3.45. The van der Waals surface area contributed by atoms with Gasteiger partial charge in [0.05, 0.1) is 10.6 Å². The minimum absolute atomic E-state index is 0.144. The van der Waals surface area contributed by atoms with E-state index in [4.69, 9.17) is 4.98 Å². The maximum atomic E-state index is 13.3. The zero-order valence-electron chi connectivity index (χ0n) is 18.4. The van der Waals surface area contributed by atoms with Gasteiger partial charge in [-0.3, -0.25) is 15.0 Å². The molecule has 7 heteroatoms. The maximum absolute atomic E-state index is 13.3. The lowest BCUT2D eigenvalue weighted by Crippen LogP contribution is -2.04. The van der Waals surface area contributed by atoms with Crippen molar-refractivity contribution in [1.82, 2.24) is 15.0 Å². The summed E-state index contributed by atoms with van der Waals surface area (Å²) >= 11 is 0. The molecule has 4 rings (SSSR count). The first-order valence-electron chi connectivity index (χ1n) is 10.6. The standard InChI is InChI=1S/C26H24FN3O2S/c1-18(19-3-7-22(27)8-4-19)13-23-14-21(20-5-9-26(10-6-20)33(2,31)32)15-24(30-23)16-25-17-28-11-12-29-25/h3-12,14-15,17-18H,13,16H2,1-2H3/t18-/m1/s1. The molecule has 4 aromatic rings. The normalized spacial score (nSPS) is 12.5. The number of sulfone groups is 1. The summed E-state index contributed by atoms with van der Waals surface area (Å²) in [7, 11) is -3.26. The molecule has 1 atom stereocenters. The Morgan fingerprint density at radius 1 is 0.879 bits per heavy atom. The van der Waals surface area contributed by atoms with Gasteiger partial charge in [0, 0.05) is 42.7 Å². The van der Waals surface area contributed by atoms with Gasteiger partial charge < -0.3 is 0 Å². The van der Waals surface area contributed by atoms with Gasteiger partial charge in [0.2, 0.25) is 0 Å². The van der Waals surface area contributed by atoms with Gasteiger partial charge in [0.15, 0.2) is 9.84 Å². The Balaban J connectivity index is 1.69. The van der Waals surface area contributed by atoms with E-state index in [0.717, 1.165) is 33.8 Å². The molecular formula is C26H24FN3O2S. The molecule has 0 aliphatic carbocycles. The van der Waals surface area contributed by atoms with E-state index < -0.39 is 9.84 Å². The predicted molar refractivity (Wildman–Crippen MR) is 126 cm³/mol. The molecule has 0 aliphatic heterocycles. The third kappa shape index (κ3) is 5.87. The molecule has 2 aromatic heterocycles. The SMILES string of the molecule is C[C@H](Cc1cc(-c2ccc(S(C)(=O)=O)cc2)cc(Cc2cnccn2)n1)c1ccc(F)cc1. The Kier molecular flexibility index (Phi) is 6.60. The number of rotatable bonds is 7. The third-order valence-corrected chi connectivity index (χ3v) is 6.61. The van der Waals surface area contributed by atoms with Crippen LogP contribution in [0.2, 0.25) is 0 Å². The quantitative estimate of drug-likeness (QED) is 0.386. The second kappa shape index (κ2) is 9.58. The first kappa shape index (κ1) is 22.7. The Morgan fingerprint density at radius 3 is 2.21 bits per heavy atom. The summed E-state index contributed by atoms with van der Waals surface area (Å²) in [5.74, 6) is -0.111. The van der Waals surface area contributed by atoms with Crippen molar-refractivity contribution in [3.05, 3.63) is 108 Å². The summed E-state index contributed by atoms with van der Waals surface area (Å²) in [5.41, 5.74) is 5.45. The van der Waals surface area contributed by atoms with Gasteiger partial charge in [-0.25, -0.2) is 12.8 Å². The van der Waals surface area contributed by atoms with E-state index >= 15 is 0 Å². The molecule has 0 radical (unpaired) electrons. The zero-order valence-corrected chi connectivity index (χ0v) is 19.3. The first-order valence-corrected chi connectivity index (χ1v) is 12.5. The van der Waals surface area contributed by atoms with Crippen LogP contribution >= 0.6 is 0 Å². The summed E-state index contributed by atoms with van der Waals surface area (Å²) < 4.78 is 37.0. The minimum Gasteiger partial charge on any atom is -0.261 e. The Bertz CT molecular complexity index is 1340. The van der Waals surface area contributed by atoms with Gasteiger partial charge in [0.25, 0.3) is 0 Å². The van der Waals surface area contributed by atoms with E-state index in [1.165, 1.54) is 18.4 Å². The van der Waals surface area contributed by atoms with E-state index in [2.05, 4.69) is 16.9 Å².